The summed E-state index contributed by atoms with van der Waals surface area (Å²) >= 11 is 0. The molecule has 0 nitrogen and oxygen atoms in total. The molecule has 5 aromatic rings. The molecule has 34 heavy (non-hydrogen) atoms. The van der Waals surface area contributed by atoms with Crippen molar-refractivity contribution in [3.8, 4) is 11.1 Å². The van der Waals surface area contributed by atoms with Crippen molar-refractivity contribution in [3.05, 3.63) is 126 Å². The normalized spacial score (nSPS) is 14.9. The monoisotopic (exact) mass is 454 g/mol. The quantitative estimate of drug-likeness (QED) is 0.298. The minimum atomic E-state index is -0.706. The van der Waals surface area contributed by atoms with Crippen molar-refractivity contribution >= 4 is 46.8 Å². The Bertz CT molecular complexity index is 1540. The SMILES string of the molecule is CC1C=c2ccc(P(c3ccccc3)c3ccccc3)c(-c3cccc4ccccc34)c2=CC1. The number of benzene rings is 5. The molecule has 0 radical (unpaired) electrons. The molecule has 0 heterocycles. The smallest absolute Gasteiger partial charge is 0.00188 e. The first-order chi connectivity index (χ1) is 16.8. The average molecular weight is 455 g/mol. The highest BCUT2D eigenvalue weighted by Gasteiger charge is 2.22. The molecule has 0 saturated heterocycles. The Morgan fingerprint density at radius 2 is 1.29 bits per heavy atom. The minimum Gasteiger partial charge on any atom is -0.0754 e. The van der Waals surface area contributed by atoms with Gasteiger partial charge < -0.3 is 0 Å². The first kappa shape index (κ1) is 21.1. The van der Waals surface area contributed by atoms with E-state index in [4.69, 9.17) is 0 Å². The van der Waals surface area contributed by atoms with Crippen LogP contribution in [0, 0.1) is 5.92 Å². The maximum atomic E-state index is 2.48. The van der Waals surface area contributed by atoms with Gasteiger partial charge in [0, 0.05) is 0 Å². The molecule has 0 spiro atoms. The fourth-order valence-corrected chi connectivity index (χ4v) is 7.65. The zero-order valence-electron chi connectivity index (χ0n) is 19.4. The second-order valence-electron chi connectivity index (χ2n) is 9.08. The lowest BCUT2D eigenvalue weighted by atomic mass is 9.91. The average Bonchev–Trinajstić information content (AvgIpc) is 2.90. The van der Waals surface area contributed by atoms with Crippen molar-refractivity contribution in [3.63, 3.8) is 0 Å². The van der Waals surface area contributed by atoms with Gasteiger partial charge in [0.05, 0.1) is 0 Å². The first-order valence-corrected chi connectivity index (χ1v) is 13.4. The summed E-state index contributed by atoms with van der Waals surface area (Å²) in [7, 11) is -0.706. The van der Waals surface area contributed by atoms with E-state index in [2.05, 4.69) is 134 Å². The van der Waals surface area contributed by atoms with Crippen molar-refractivity contribution in [2.24, 2.45) is 5.92 Å². The van der Waals surface area contributed by atoms with Gasteiger partial charge in [-0.1, -0.05) is 134 Å². The number of rotatable bonds is 4. The summed E-state index contributed by atoms with van der Waals surface area (Å²) in [6.07, 6.45) is 6.01. The van der Waals surface area contributed by atoms with Gasteiger partial charge in [0.2, 0.25) is 0 Å². The highest BCUT2D eigenvalue weighted by atomic mass is 31.1. The maximum Gasteiger partial charge on any atom is -0.00188 e. The molecule has 1 aliphatic rings. The Kier molecular flexibility index (Phi) is 5.61. The number of hydrogen-bond donors (Lipinski definition) is 0. The van der Waals surface area contributed by atoms with Crippen molar-refractivity contribution in [2.75, 3.05) is 0 Å². The Morgan fingerprint density at radius 1 is 0.647 bits per heavy atom. The molecule has 164 valence electrons. The van der Waals surface area contributed by atoms with E-state index < -0.39 is 7.92 Å². The molecule has 6 rings (SSSR count). The van der Waals surface area contributed by atoms with E-state index in [-0.39, 0.29) is 0 Å². The summed E-state index contributed by atoms with van der Waals surface area (Å²) in [5.41, 5.74) is 2.74. The predicted molar refractivity (Wildman–Crippen MR) is 150 cm³/mol. The summed E-state index contributed by atoms with van der Waals surface area (Å²) in [4.78, 5) is 0. The fraction of sp³-hybridized carbons (Fsp3) is 0.0909. The molecule has 0 fully saturated rings. The summed E-state index contributed by atoms with van der Waals surface area (Å²) in [5, 5.41) is 9.58. The second kappa shape index (κ2) is 9.05. The minimum absolute atomic E-state index is 0.573. The molecule has 0 saturated carbocycles. The van der Waals surface area contributed by atoms with Crippen LogP contribution in [0.4, 0.5) is 0 Å². The second-order valence-corrected chi connectivity index (χ2v) is 11.3. The van der Waals surface area contributed by atoms with Gasteiger partial charge in [-0.2, -0.15) is 0 Å². The molecule has 0 N–H and O–H groups in total. The zero-order chi connectivity index (χ0) is 22.9. The third-order valence-corrected chi connectivity index (χ3v) is 9.23. The van der Waals surface area contributed by atoms with Crippen LogP contribution >= 0.6 is 7.92 Å². The van der Waals surface area contributed by atoms with E-state index >= 15 is 0 Å². The van der Waals surface area contributed by atoms with Crippen LogP contribution in [0.5, 0.6) is 0 Å². The molecule has 1 atom stereocenters. The summed E-state index contributed by atoms with van der Waals surface area (Å²) in [6.45, 7) is 2.31. The van der Waals surface area contributed by atoms with Gasteiger partial charge in [-0.3, -0.25) is 0 Å². The lowest BCUT2D eigenvalue weighted by molar-refractivity contribution is 0.801. The van der Waals surface area contributed by atoms with E-state index in [1.54, 1.807) is 0 Å². The molecular formula is C33H27P. The molecule has 0 aromatic heterocycles. The van der Waals surface area contributed by atoms with Crippen LogP contribution in [0.15, 0.2) is 115 Å². The molecule has 1 unspecified atom stereocenters. The van der Waals surface area contributed by atoms with Crippen molar-refractivity contribution in [1.29, 1.82) is 0 Å². The molecule has 0 amide bonds. The topological polar surface area (TPSA) is 0 Å². The maximum absolute atomic E-state index is 2.48. The Morgan fingerprint density at radius 3 is 2.03 bits per heavy atom. The highest BCUT2D eigenvalue weighted by molar-refractivity contribution is 7.80. The van der Waals surface area contributed by atoms with Crippen LogP contribution < -0.4 is 26.4 Å². The summed E-state index contributed by atoms with van der Waals surface area (Å²) < 4.78 is 0. The first-order valence-electron chi connectivity index (χ1n) is 12.0. The van der Waals surface area contributed by atoms with Gasteiger partial charge in [0.25, 0.3) is 0 Å². The molecule has 0 aliphatic heterocycles. The van der Waals surface area contributed by atoms with Gasteiger partial charge in [-0.05, 0) is 68.5 Å². The molecule has 1 heteroatoms. The van der Waals surface area contributed by atoms with Gasteiger partial charge in [-0.25, -0.2) is 0 Å². The van der Waals surface area contributed by atoms with Crippen LogP contribution in [-0.4, -0.2) is 0 Å². The van der Waals surface area contributed by atoms with E-state index in [1.165, 1.54) is 48.3 Å². The van der Waals surface area contributed by atoms with Crippen LogP contribution in [0.3, 0.4) is 0 Å². The van der Waals surface area contributed by atoms with E-state index in [0.717, 1.165) is 6.42 Å². The van der Waals surface area contributed by atoms with Crippen LogP contribution in [0.1, 0.15) is 13.3 Å². The molecule has 5 aromatic carbocycles. The Balaban J connectivity index is 1.73. The van der Waals surface area contributed by atoms with Gasteiger partial charge in [-0.15, -0.1) is 0 Å². The van der Waals surface area contributed by atoms with E-state index in [1.807, 2.05) is 0 Å². The summed E-state index contributed by atoms with van der Waals surface area (Å²) in [5.74, 6) is 0.573. The van der Waals surface area contributed by atoms with Gasteiger partial charge in [0.15, 0.2) is 0 Å². The third kappa shape index (κ3) is 3.79. The van der Waals surface area contributed by atoms with E-state index in [0.29, 0.717) is 5.92 Å². The zero-order valence-corrected chi connectivity index (χ0v) is 20.3. The van der Waals surface area contributed by atoms with Crippen LogP contribution in [0.25, 0.3) is 34.1 Å². The van der Waals surface area contributed by atoms with Crippen molar-refractivity contribution in [2.45, 2.75) is 13.3 Å². The Hall–Kier alpha value is -3.47. The molecular weight excluding hydrogens is 427 g/mol. The predicted octanol–water partition coefficient (Wildman–Crippen LogP) is 5.87. The lowest BCUT2D eigenvalue weighted by Crippen LogP contribution is -2.36. The lowest BCUT2D eigenvalue weighted by Gasteiger charge is -2.24. The highest BCUT2D eigenvalue weighted by Crippen LogP contribution is 2.37. The van der Waals surface area contributed by atoms with Crippen LogP contribution in [-0.2, 0) is 0 Å². The molecule has 1 aliphatic carbocycles. The van der Waals surface area contributed by atoms with Crippen molar-refractivity contribution < 1.29 is 0 Å². The van der Waals surface area contributed by atoms with Crippen LogP contribution in [0.2, 0.25) is 0 Å². The standard InChI is InChI=1S/C33H27P/c1-24-19-21-30-26(23-24)20-22-32(33(30)31-18-10-12-25-11-8-9-17-29(25)31)34(27-13-4-2-5-14-27)28-15-6-3-7-16-28/h2-18,20-24H,19H2,1H3. The van der Waals surface area contributed by atoms with Gasteiger partial charge in [0.1, 0.15) is 0 Å². The van der Waals surface area contributed by atoms with Crippen molar-refractivity contribution in [1.82, 2.24) is 0 Å². The molecule has 0 bridgehead atoms. The number of hydrogen-bond acceptors (Lipinski definition) is 0. The fourth-order valence-electron chi connectivity index (χ4n) is 5.16. The van der Waals surface area contributed by atoms with E-state index in [9.17, 15) is 0 Å². The number of fused-ring (bicyclic) bond motifs is 2. The largest absolute Gasteiger partial charge is 0.0754 e. The summed E-state index contributed by atoms with van der Waals surface area (Å²) in [6, 6.07) is 42.4. The Labute approximate surface area is 202 Å². The van der Waals surface area contributed by atoms with Gasteiger partial charge >= 0.3 is 0 Å². The third-order valence-electron chi connectivity index (χ3n) is 6.74.